The lowest BCUT2D eigenvalue weighted by atomic mass is 10.1. The highest BCUT2D eigenvalue weighted by atomic mass is 32.2. The molecule has 0 fully saturated rings. The summed E-state index contributed by atoms with van der Waals surface area (Å²) in [6, 6.07) is 5.11. The zero-order valence-electron chi connectivity index (χ0n) is 11.8. The summed E-state index contributed by atoms with van der Waals surface area (Å²) in [4.78, 5) is 0. The van der Waals surface area contributed by atoms with Gasteiger partial charge in [0.25, 0.3) is 0 Å². The predicted molar refractivity (Wildman–Crippen MR) is 75.2 cm³/mol. The highest BCUT2D eigenvalue weighted by molar-refractivity contribution is 7.88. The molecule has 108 valence electrons. The zero-order valence-corrected chi connectivity index (χ0v) is 12.6. The lowest BCUT2D eigenvalue weighted by Gasteiger charge is -2.16. The first-order valence-electron chi connectivity index (χ1n) is 6.24. The van der Waals surface area contributed by atoms with E-state index in [1.807, 2.05) is 19.9 Å². The van der Waals surface area contributed by atoms with Gasteiger partial charge in [-0.15, -0.1) is 0 Å². The summed E-state index contributed by atoms with van der Waals surface area (Å²) < 4.78 is 36.0. The Bertz CT molecular complexity index is 513. The first-order valence-corrected chi connectivity index (χ1v) is 8.13. The quantitative estimate of drug-likeness (QED) is 0.834. The lowest BCUT2D eigenvalue weighted by Crippen LogP contribution is -2.25. The van der Waals surface area contributed by atoms with Crippen molar-refractivity contribution in [3.8, 4) is 11.5 Å². The van der Waals surface area contributed by atoms with Gasteiger partial charge in [-0.1, -0.05) is 6.07 Å². The monoisotopic (exact) mass is 287 g/mol. The number of nitrogens with one attached hydrogen (secondary N) is 1. The van der Waals surface area contributed by atoms with Gasteiger partial charge in [0.2, 0.25) is 10.0 Å². The van der Waals surface area contributed by atoms with Crippen LogP contribution in [0, 0.1) is 0 Å². The van der Waals surface area contributed by atoms with E-state index in [0.717, 1.165) is 11.8 Å². The average Bonchev–Trinajstić information content (AvgIpc) is 2.29. The SMILES string of the molecule is CCOc1ccc(C(C)NS(C)(=O)=O)cc1OCC. The average molecular weight is 287 g/mol. The maximum absolute atomic E-state index is 11.2. The molecule has 1 aromatic rings. The Kier molecular flexibility index (Phi) is 5.62. The number of hydrogen-bond donors (Lipinski definition) is 1. The molecule has 0 aromatic heterocycles. The summed E-state index contributed by atoms with van der Waals surface area (Å²) >= 11 is 0. The maximum atomic E-state index is 11.2. The van der Waals surface area contributed by atoms with Crippen molar-refractivity contribution in [2.75, 3.05) is 19.5 Å². The van der Waals surface area contributed by atoms with Gasteiger partial charge in [-0.2, -0.15) is 0 Å². The van der Waals surface area contributed by atoms with Crippen LogP contribution < -0.4 is 14.2 Å². The number of benzene rings is 1. The van der Waals surface area contributed by atoms with Gasteiger partial charge in [-0.05, 0) is 38.5 Å². The molecule has 0 aliphatic heterocycles. The van der Waals surface area contributed by atoms with E-state index in [-0.39, 0.29) is 6.04 Å². The standard InChI is InChI=1S/C13H21NO4S/c1-5-17-12-8-7-11(9-13(12)18-6-2)10(3)14-19(4,15)16/h7-10,14H,5-6H2,1-4H3. The van der Waals surface area contributed by atoms with Gasteiger partial charge in [0.05, 0.1) is 19.5 Å². The van der Waals surface area contributed by atoms with E-state index < -0.39 is 10.0 Å². The Morgan fingerprint density at radius 3 is 2.26 bits per heavy atom. The zero-order chi connectivity index (χ0) is 14.5. The van der Waals surface area contributed by atoms with Crippen molar-refractivity contribution in [3.05, 3.63) is 23.8 Å². The molecule has 0 amide bonds. The van der Waals surface area contributed by atoms with Gasteiger partial charge in [0, 0.05) is 6.04 Å². The number of sulfonamides is 1. The molecule has 19 heavy (non-hydrogen) atoms. The van der Waals surface area contributed by atoms with E-state index in [4.69, 9.17) is 9.47 Å². The molecule has 0 bridgehead atoms. The van der Waals surface area contributed by atoms with Crippen LogP contribution in [0.5, 0.6) is 11.5 Å². The fourth-order valence-corrected chi connectivity index (χ4v) is 2.50. The van der Waals surface area contributed by atoms with Gasteiger partial charge in [0.1, 0.15) is 0 Å². The third kappa shape index (κ3) is 5.08. The molecule has 5 nitrogen and oxygen atoms in total. The van der Waals surface area contributed by atoms with Gasteiger partial charge in [-0.25, -0.2) is 13.1 Å². The summed E-state index contributed by atoms with van der Waals surface area (Å²) in [5.41, 5.74) is 0.831. The molecule has 1 N–H and O–H groups in total. The van der Waals surface area contributed by atoms with E-state index in [2.05, 4.69) is 4.72 Å². The summed E-state index contributed by atoms with van der Waals surface area (Å²) in [6.07, 6.45) is 1.14. The van der Waals surface area contributed by atoms with E-state index in [1.54, 1.807) is 19.1 Å². The second-order valence-corrected chi connectivity index (χ2v) is 5.96. The van der Waals surface area contributed by atoms with Crippen LogP contribution in [0.1, 0.15) is 32.4 Å². The molecule has 0 aliphatic carbocycles. The molecule has 0 heterocycles. The van der Waals surface area contributed by atoms with E-state index in [9.17, 15) is 8.42 Å². The van der Waals surface area contributed by atoms with Crippen molar-refractivity contribution < 1.29 is 17.9 Å². The normalized spacial score (nSPS) is 13.1. The van der Waals surface area contributed by atoms with Crippen LogP contribution in [0.2, 0.25) is 0 Å². The molecule has 1 rings (SSSR count). The first-order chi connectivity index (χ1) is 8.87. The van der Waals surface area contributed by atoms with Crippen molar-refractivity contribution in [1.82, 2.24) is 4.72 Å². The minimum Gasteiger partial charge on any atom is -0.490 e. The van der Waals surface area contributed by atoms with Crippen molar-refractivity contribution in [1.29, 1.82) is 0 Å². The molecular weight excluding hydrogens is 266 g/mol. The largest absolute Gasteiger partial charge is 0.490 e. The van der Waals surface area contributed by atoms with Crippen molar-refractivity contribution in [2.24, 2.45) is 0 Å². The van der Waals surface area contributed by atoms with Gasteiger partial charge < -0.3 is 9.47 Å². The third-order valence-electron chi connectivity index (χ3n) is 2.46. The second-order valence-electron chi connectivity index (χ2n) is 4.18. The van der Waals surface area contributed by atoms with Crippen LogP contribution >= 0.6 is 0 Å². The topological polar surface area (TPSA) is 64.6 Å². The minimum absolute atomic E-state index is 0.315. The second kappa shape index (κ2) is 6.77. The molecular formula is C13H21NO4S. The molecule has 0 saturated carbocycles. The number of hydrogen-bond acceptors (Lipinski definition) is 4. The summed E-state index contributed by atoms with van der Waals surface area (Å²) in [7, 11) is -3.24. The summed E-state index contributed by atoms with van der Waals surface area (Å²) in [5, 5.41) is 0. The van der Waals surface area contributed by atoms with E-state index >= 15 is 0 Å². The summed E-state index contributed by atoms with van der Waals surface area (Å²) in [5.74, 6) is 1.30. The maximum Gasteiger partial charge on any atom is 0.209 e. The molecule has 0 saturated heterocycles. The molecule has 6 heteroatoms. The minimum atomic E-state index is -3.24. The van der Waals surface area contributed by atoms with Crippen LogP contribution in [-0.4, -0.2) is 27.9 Å². The fourth-order valence-electron chi connectivity index (χ4n) is 1.73. The third-order valence-corrected chi connectivity index (χ3v) is 3.24. The smallest absolute Gasteiger partial charge is 0.209 e. The first kappa shape index (κ1) is 15.8. The van der Waals surface area contributed by atoms with Gasteiger partial charge in [-0.3, -0.25) is 0 Å². The van der Waals surface area contributed by atoms with E-state index in [1.165, 1.54) is 0 Å². The van der Waals surface area contributed by atoms with Gasteiger partial charge in [0.15, 0.2) is 11.5 Å². The fraction of sp³-hybridized carbons (Fsp3) is 0.538. The molecule has 1 aromatic carbocycles. The van der Waals surface area contributed by atoms with Crippen LogP contribution in [0.15, 0.2) is 18.2 Å². The molecule has 1 unspecified atom stereocenters. The van der Waals surface area contributed by atoms with Crippen LogP contribution in [0.25, 0.3) is 0 Å². The van der Waals surface area contributed by atoms with Crippen LogP contribution in [0.4, 0.5) is 0 Å². The molecule has 0 radical (unpaired) electrons. The van der Waals surface area contributed by atoms with E-state index in [0.29, 0.717) is 24.7 Å². The highest BCUT2D eigenvalue weighted by Gasteiger charge is 2.14. The number of rotatable bonds is 7. The van der Waals surface area contributed by atoms with Crippen molar-refractivity contribution >= 4 is 10.0 Å². The van der Waals surface area contributed by atoms with Crippen LogP contribution in [0.3, 0.4) is 0 Å². The van der Waals surface area contributed by atoms with Gasteiger partial charge >= 0.3 is 0 Å². The number of ether oxygens (including phenoxy) is 2. The van der Waals surface area contributed by atoms with Crippen molar-refractivity contribution in [3.63, 3.8) is 0 Å². The predicted octanol–water partition coefficient (Wildman–Crippen LogP) is 2.09. The van der Waals surface area contributed by atoms with Crippen LogP contribution in [-0.2, 0) is 10.0 Å². The Hall–Kier alpha value is -1.27. The lowest BCUT2D eigenvalue weighted by molar-refractivity contribution is 0.287. The Balaban J connectivity index is 3.00. The Morgan fingerprint density at radius 1 is 1.16 bits per heavy atom. The molecule has 1 atom stereocenters. The molecule has 0 aliphatic rings. The highest BCUT2D eigenvalue weighted by Crippen LogP contribution is 2.30. The Labute approximate surface area is 115 Å². The summed E-state index contributed by atoms with van der Waals surface area (Å²) in [6.45, 7) is 6.65. The molecule has 0 spiro atoms. The Morgan fingerprint density at radius 2 is 1.74 bits per heavy atom. The van der Waals surface area contributed by atoms with Crippen molar-refractivity contribution in [2.45, 2.75) is 26.8 Å².